The van der Waals surface area contributed by atoms with Crippen LogP contribution in [-0.2, 0) is 4.79 Å². The molecule has 1 rings (SSSR count). The van der Waals surface area contributed by atoms with Gasteiger partial charge in [-0.1, -0.05) is 5.92 Å². The molecule has 1 saturated heterocycles. The molecule has 0 aromatic rings. The second-order valence-electron chi connectivity index (χ2n) is 4.02. The fourth-order valence-corrected chi connectivity index (χ4v) is 1.65. The number of carbonyl (C=O) groups is 1. The highest BCUT2D eigenvalue weighted by Crippen LogP contribution is 2.21. The number of rotatable bonds is 0. The summed E-state index contributed by atoms with van der Waals surface area (Å²) >= 11 is 0. The summed E-state index contributed by atoms with van der Waals surface area (Å²) in [6.45, 7) is 4.81. The molecule has 1 amide bonds. The van der Waals surface area contributed by atoms with Crippen LogP contribution < -0.4 is 0 Å². The van der Waals surface area contributed by atoms with E-state index in [0.717, 1.165) is 12.8 Å². The lowest BCUT2D eigenvalue weighted by Crippen LogP contribution is -2.32. The van der Waals surface area contributed by atoms with Gasteiger partial charge in [0, 0.05) is 13.1 Å². The van der Waals surface area contributed by atoms with Crippen molar-refractivity contribution in [2.75, 3.05) is 13.1 Å². The molecule has 3 nitrogen and oxygen atoms in total. The summed E-state index contributed by atoms with van der Waals surface area (Å²) in [5, 5.41) is 9.81. The molecule has 0 aromatic carbocycles. The third kappa shape index (κ3) is 3.04. The Kier molecular flexibility index (Phi) is 3.54. The molecule has 1 aliphatic heterocycles. The summed E-state index contributed by atoms with van der Waals surface area (Å²) in [6.07, 6.45) is 2.25. The van der Waals surface area contributed by atoms with Crippen LogP contribution in [-0.4, -0.2) is 34.6 Å². The lowest BCUT2D eigenvalue weighted by Gasteiger charge is -2.21. The van der Waals surface area contributed by atoms with Crippen LogP contribution in [0.1, 0.15) is 33.1 Å². The van der Waals surface area contributed by atoms with Crippen LogP contribution in [0.3, 0.4) is 0 Å². The molecular formula is C11H17NO2. The molecule has 1 unspecified atom stereocenters. The number of hydrogen-bond acceptors (Lipinski definition) is 2. The molecule has 14 heavy (non-hydrogen) atoms. The molecule has 0 aromatic heterocycles. The van der Waals surface area contributed by atoms with Gasteiger partial charge in [-0.2, -0.15) is 0 Å². The van der Waals surface area contributed by atoms with Crippen molar-refractivity contribution in [1.29, 1.82) is 0 Å². The van der Waals surface area contributed by atoms with Crippen molar-refractivity contribution in [3.05, 3.63) is 0 Å². The lowest BCUT2D eigenvalue weighted by molar-refractivity contribution is -0.125. The van der Waals surface area contributed by atoms with Gasteiger partial charge in [-0.05, 0) is 39.0 Å². The molecule has 3 heteroatoms. The average Bonchev–Trinajstić information content (AvgIpc) is 2.27. The highest BCUT2D eigenvalue weighted by Gasteiger charge is 2.26. The summed E-state index contributed by atoms with van der Waals surface area (Å²) in [6, 6.07) is 0. The van der Waals surface area contributed by atoms with Gasteiger partial charge in [0.15, 0.2) is 0 Å². The first-order valence-electron chi connectivity index (χ1n) is 4.99. The molecule has 0 spiro atoms. The minimum Gasteiger partial charge on any atom is -0.390 e. The number of likely N-dealkylation sites (tertiary alicyclic amines) is 1. The normalized spacial score (nSPS) is 27.5. The summed E-state index contributed by atoms with van der Waals surface area (Å²) in [5.41, 5.74) is -0.616. The van der Waals surface area contributed by atoms with Gasteiger partial charge < -0.3 is 10.0 Å². The van der Waals surface area contributed by atoms with Crippen molar-refractivity contribution < 1.29 is 9.90 Å². The Morgan fingerprint density at radius 1 is 1.43 bits per heavy atom. The summed E-state index contributed by atoms with van der Waals surface area (Å²) < 4.78 is 0. The summed E-state index contributed by atoms with van der Waals surface area (Å²) in [4.78, 5) is 13.2. The van der Waals surface area contributed by atoms with Crippen LogP contribution in [0, 0.1) is 11.8 Å². The van der Waals surface area contributed by atoms with Crippen LogP contribution in [0.15, 0.2) is 0 Å². The zero-order chi connectivity index (χ0) is 10.6. The quantitative estimate of drug-likeness (QED) is 0.580. The first-order chi connectivity index (χ1) is 6.55. The van der Waals surface area contributed by atoms with Crippen molar-refractivity contribution in [3.63, 3.8) is 0 Å². The van der Waals surface area contributed by atoms with Crippen LogP contribution in [0.25, 0.3) is 0 Å². The smallest absolute Gasteiger partial charge is 0.298 e. The zero-order valence-corrected chi connectivity index (χ0v) is 8.84. The van der Waals surface area contributed by atoms with E-state index in [-0.39, 0.29) is 5.91 Å². The Morgan fingerprint density at radius 2 is 2.14 bits per heavy atom. The molecule has 1 fully saturated rings. The number of amides is 1. The lowest BCUT2D eigenvalue weighted by atomic mass is 9.98. The minimum absolute atomic E-state index is 0.120. The second kappa shape index (κ2) is 4.47. The number of hydrogen-bond donors (Lipinski definition) is 1. The van der Waals surface area contributed by atoms with Gasteiger partial charge in [0.25, 0.3) is 5.91 Å². The minimum atomic E-state index is -0.616. The van der Waals surface area contributed by atoms with E-state index in [1.54, 1.807) is 11.8 Å². The van der Waals surface area contributed by atoms with Gasteiger partial charge in [0.2, 0.25) is 0 Å². The second-order valence-corrected chi connectivity index (χ2v) is 4.02. The standard InChI is InChI=1S/C11H17NO2/c1-3-5-10(13)12-8-4-6-11(2,14)7-9-12/h14H,4,6-9H2,1-2H3. The predicted octanol–water partition coefficient (Wildman–Crippen LogP) is 0.773. The van der Waals surface area contributed by atoms with Crippen molar-refractivity contribution in [3.8, 4) is 11.8 Å². The van der Waals surface area contributed by atoms with E-state index >= 15 is 0 Å². The van der Waals surface area contributed by atoms with Gasteiger partial charge in [0.05, 0.1) is 5.60 Å². The Bertz CT molecular complexity index is 273. The Hall–Kier alpha value is -1.01. The van der Waals surface area contributed by atoms with Crippen molar-refractivity contribution in [2.45, 2.75) is 38.7 Å². The van der Waals surface area contributed by atoms with E-state index in [4.69, 9.17) is 0 Å². The first-order valence-corrected chi connectivity index (χ1v) is 4.99. The van der Waals surface area contributed by atoms with Crippen molar-refractivity contribution >= 4 is 5.91 Å². The predicted molar refractivity (Wildman–Crippen MR) is 54.5 cm³/mol. The van der Waals surface area contributed by atoms with E-state index < -0.39 is 5.60 Å². The van der Waals surface area contributed by atoms with Crippen LogP contribution in [0.4, 0.5) is 0 Å². The molecule has 0 radical (unpaired) electrons. The van der Waals surface area contributed by atoms with E-state index in [0.29, 0.717) is 19.5 Å². The molecule has 0 aliphatic carbocycles. The van der Waals surface area contributed by atoms with Gasteiger partial charge in [-0.15, -0.1) is 0 Å². The van der Waals surface area contributed by atoms with Crippen LogP contribution >= 0.6 is 0 Å². The van der Waals surface area contributed by atoms with Gasteiger partial charge >= 0.3 is 0 Å². The van der Waals surface area contributed by atoms with Crippen LogP contribution in [0.2, 0.25) is 0 Å². The summed E-state index contributed by atoms with van der Waals surface area (Å²) in [7, 11) is 0. The maximum atomic E-state index is 11.4. The maximum Gasteiger partial charge on any atom is 0.298 e. The summed E-state index contributed by atoms with van der Waals surface area (Å²) in [5.74, 6) is 5.01. The van der Waals surface area contributed by atoms with E-state index in [9.17, 15) is 9.90 Å². The van der Waals surface area contributed by atoms with Gasteiger partial charge in [-0.25, -0.2) is 0 Å². The molecule has 78 valence electrons. The van der Waals surface area contributed by atoms with Crippen molar-refractivity contribution in [1.82, 2.24) is 4.90 Å². The molecular weight excluding hydrogens is 178 g/mol. The zero-order valence-electron chi connectivity index (χ0n) is 8.84. The van der Waals surface area contributed by atoms with Gasteiger partial charge in [-0.3, -0.25) is 4.79 Å². The fourth-order valence-electron chi connectivity index (χ4n) is 1.65. The van der Waals surface area contributed by atoms with E-state index in [2.05, 4.69) is 11.8 Å². The molecule has 0 saturated carbocycles. The number of carbonyl (C=O) groups excluding carboxylic acids is 1. The number of nitrogens with zero attached hydrogens (tertiary/aromatic N) is 1. The SMILES string of the molecule is CC#CC(=O)N1CCCC(C)(O)CC1. The highest BCUT2D eigenvalue weighted by atomic mass is 16.3. The largest absolute Gasteiger partial charge is 0.390 e. The van der Waals surface area contributed by atoms with E-state index in [1.165, 1.54) is 0 Å². The highest BCUT2D eigenvalue weighted by molar-refractivity contribution is 5.93. The monoisotopic (exact) mass is 195 g/mol. The molecule has 1 heterocycles. The molecule has 1 N–H and O–H groups in total. The molecule has 1 atom stereocenters. The number of aliphatic hydroxyl groups is 1. The third-order valence-corrected chi connectivity index (χ3v) is 2.58. The van der Waals surface area contributed by atoms with E-state index in [1.807, 2.05) is 6.92 Å². The molecule has 1 aliphatic rings. The fraction of sp³-hybridized carbons (Fsp3) is 0.727. The Morgan fingerprint density at radius 3 is 2.79 bits per heavy atom. The average molecular weight is 195 g/mol. The maximum absolute atomic E-state index is 11.4. The van der Waals surface area contributed by atoms with Gasteiger partial charge in [0.1, 0.15) is 0 Å². The van der Waals surface area contributed by atoms with Crippen molar-refractivity contribution in [2.24, 2.45) is 0 Å². The third-order valence-electron chi connectivity index (χ3n) is 2.58. The topological polar surface area (TPSA) is 40.5 Å². The Labute approximate surface area is 85.1 Å². The first kappa shape index (κ1) is 11.1. The Balaban J connectivity index is 2.57. The van der Waals surface area contributed by atoms with Crippen LogP contribution in [0.5, 0.6) is 0 Å². The molecule has 0 bridgehead atoms.